The molecular formula is C11H17BrN2OS. The number of halogens is 1. The van der Waals surface area contributed by atoms with Crippen molar-refractivity contribution in [3.63, 3.8) is 0 Å². The number of nitrogens with two attached hydrogens (primary N) is 1. The molecule has 5 heteroatoms. The predicted molar refractivity (Wildman–Crippen MR) is 71.3 cm³/mol. The summed E-state index contributed by atoms with van der Waals surface area (Å²) in [7, 11) is 0. The summed E-state index contributed by atoms with van der Waals surface area (Å²) in [6, 6.07) is 3.55. The van der Waals surface area contributed by atoms with Crippen molar-refractivity contribution in [3.05, 3.63) is 20.8 Å². The molecule has 0 spiro atoms. The van der Waals surface area contributed by atoms with E-state index >= 15 is 0 Å². The van der Waals surface area contributed by atoms with Crippen LogP contribution in [0.2, 0.25) is 0 Å². The lowest BCUT2D eigenvalue weighted by Gasteiger charge is -2.17. The third-order valence-electron chi connectivity index (χ3n) is 2.63. The molecular weight excluding hydrogens is 288 g/mol. The normalized spacial score (nSPS) is 14.5. The highest BCUT2D eigenvalue weighted by atomic mass is 79.9. The van der Waals surface area contributed by atoms with Gasteiger partial charge in [-0.3, -0.25) is 4.79 Å². The quantitative estimate of drug-likeness (QED) is 0.878. The van der Waals surface area contributed by atoms with Gasteiger partial charge in [0.25, 0.3) is 0 Å². The Kier molecular flexibility index (Phi) is 5.44. The molecule has 0 aliphatic rings. The maximum absolute atomic E-state index is 11.7. The van der Waals surface area contributed by atoms with E-state index < -0.39 is 6.04 Å². The lowest BCUT2D eigenvalue weighted by atomic mass is 9.99. The van der Waals surface area contributed by atoms with Crippen molar-refractivity contribution in [2.24, 2.45) is 11.7 Å². The second-order valence-electron chi connectivity index (χ2n) is 3.83. The average Bonchev–Trinajstić information content (AvgIpc) is 2.69. The van der Waals surface area contributed by atoms with Crippen LogP contribution in [-0.2, 0) is 11.3 Å². The maximum Gasteiger partial charge on any atom is 0.237 e. The van der Waals surface area contributed by atoms with Gasteiger partial charge in [-0.05, 0) is 34.0 Å². The Labute approximate surface area is 109 Å². The van der Waals surface area contributed by atoms with E-state index in [0.29, 0.717) is 6.54 Å². The van der Waals surface area contributed by atoms with Gasteiger partial charge in [0.2, 0.25) is 5.91 Å². The highest BCUT2D eigenvalue weighted by Gasteiger charge is 2.18. The van der Waals surface area contributed by atoms with Crippen LogP contribution in [0.5, 0.6) is 0 Å². The minimum Gasteiger partial charge on any atom is -0.350 e. The Morgan fingerprint density at radius 3 is 2.81 bits per heavy atom. The molecule has 1 rings (SSSR count). The molecule has 3 N–H and O–H groups in total. The fourth-order valence-electron chi connectivity index (χ4n) is 1.25. The predicted octanol–water partition coefficient (Wildman–Crippen LogP) is 2.50. The van der Waals surface area contributed by atoms with E-state index in [1.54, 1.807) is 11.3 Å². The van der Waals surface area contributed by atoms with E-state index in [-0.39, 0.29) is 11.8 Å². The Bertz CT molecular complexity index is 354. The standard InChI is InChI=1S/C11H17BrN2OS/c1-3-7(2)10(13)11(15)14-6-8-4-5-9(12)16-8/h4-5,7,10H,3,6,13H2,1-2H3,(H,14,15)/t7?,10-/m0/s1. The van der Waals surface area contributed by atoms with Crippen LogP contribution in [-0.4, -0.2) is 11.9 Å². The van der Waals surface area contributed by atoms with Gasteiger partial charge in [0, 0.05) is 4.88 Å². The average molecular weight is 305 g/mol. The molecule has 2 atom stereocenters. The van der Waals surface area contributed by atoms with Crippen LogP contribution in [0.15, 0.2) is 15.9 Å². The van der Waals surface area contributed by atoms with Gasteiger partial charge in [0.1, 0.15) is 0 Å². The number of thiophene rings is 1. The molecule has 0 aromatic carbocycles. The molecule has 1 unspecified atom stereocenters. The number of amides is 1. The fraction of sp³-hybridized carbons (Fsp3) is 0.545. The summed E-state index contributed by atoms with van der Waals surface area (Å²) in [6.45, 7) is 4.58. The van der Waals surface area contributed by atoms with Crippen molar-refractivity contribution in [2.75, 3.05) is 0 Å². The molecule has 1 aromatic rings. The first-order chi connectivity index (χ1) is 7.54. The molecule has 90 valence electrons. The molecule has 0 aliphatic heterocycles. The van der Waals surface area contributed by atoms with Gasteiger partial charge in [-0.2, -0.15) is 0 Å². The zero-order valence-corrected chi connectivity index (χ0v) is 11.9. The summed E-state index contributed by atoms with van der Waals surface area (Å²) in [6.07, 6.45) is 0.916. The summed E-state index contributed by atoms with van der Waals surface area (Å²) in [5, 5.41) is 2.85. The number of rotatable bonds is 5. The van der Waals surface area contributed by atoms with Crippen LogP contribution in [0.25, 0.3) is 0 Å². The lowest BCUT2D eigenvalue weighted by Crippen LogP contribution is -2.44. The Hall–Kier alpha value is -0.390. The number of hydrogen-bond acceptors (Lipinski definition) is 3. The van der Waals surface area contributed by atoms with Crippen molar-refractivity contribution in [3.8, 4) is 0 Å². The van der Waals surface area contributed by atoms with Crippen molar-refractivity contribution in [2.45, 2.75) is 32.9 Å². The van der Waals surface area contributed by atoms with E-state index in [9.17, 15) is 4.79 Å². The van der Waals surface area contributed by atoms with Crippen LogP contribution in [0, 0.1) is 5.92 Å². The molecule has 0 aliphatic carbocycles. The molecule has 1 amide bonds. The van der Waals surface area contributed by atoms with Gasteiger partial charge in [0.15, 0.2) is 0 Å². The number of carbonyl (C=O) groups is 1. The van der Waals surface area contributed by atoms with Crippen LogP contribution in [0.3, 0.4) is 0 Å². The highest BCUT2D eigenvalue weighted by molar-refractivity contribution is 9.11. The van der Waals surface area contributed by atoms with Gasteiger partial charge in [-0.15, -0.1) is 11.3 Å². The molecule has 0 radical (unpaired) electrons. The van der Waals surface area contributed by atoms with Gasteiger partial charge >= 0.3 is 0 Å². The zero-order valence-electron chi connectivity index (χ0n) is 9.50. The molecule has 0 fully saturated rings. The van der Waals surface area contributed by atoms with Crippen molar-refractivity contribution < 1.29 is 4.79 Å². The molecule has 16 heavy (non-hydrogen) atoms. The molecule has 0 bridgehead atoms. The highest BCUT2D eigenvalue weighted by Crippen LogP contribution is 2.21. The van der Waals surface area contributed by atoms with E-state index in [1.165, 1.54) is 0 Å². The Morgan fingerprint density at radius 2 is 2.31 bits per heavy atom. The van der Waals surface area contributed by atoms with Crippen LogP contribution < -0.4 is 11.1 Å². The number of hydrogen-bond donors (Lipinski definition) is 2. The van der Waals surface area contributed by atoms with Gasteiger partial charge < -0.3 is 11.1 Å². The van der Waals surface area contributed by atoms with Crippen LogP contribution >= 0.6 is 27.3 Å². The van der Waals surface area contributed by atoms with Crippen molar-refractivity contribution in [1.29, 1.82) is 0 Å². The lowest BCUT2D eigenvalue weighted by molar-refractivity contribution is -0.123. The molecule has 1 aromatic heterocycles. The summed E-state index contributed by atoms with van der Waals surface area (Å²) >= 11 is 5.00. The van der Waals surface area contributed by atoms with Crippen LogP contribution in [0.1, 0.15) is 25.1 Å². The second kappa shape index (κ2) is 6.37. The summed E-state index contributed by atoms with van der Waals surface area (Å²) in [5.74, 6) is 0.147. The van der Waals surface area contributed by atoms with Crippen molar-refractivity contribution >= 4 is 33.2 Å². The SMILES string of the molecule is CCC(C)[C@H](N)C(=O)NCc1ccc(Br)s1. The number of carbonyl (C=O) groups excluding carboxylic acids is 1. The van der Waals surface area contributed by atoms with E-state index in [1.807, 2.05) is 26.0 Å². The summed E-state index contributed by atoms with van der Waals surface area (Å²) < 4.78 is 1.07. The Balaban J connectivity index is 2.40. The van der Waals surface area contributed by atoms with Gasteiger partial charge in [-0.1, -0.05) is 20.3 Å². The topological polar surface area (TPSA) is 55.1 Å². The third kappa shape index (κ3) is 3.88. The minimum absolute atomic E-state index is 0.0705. The second-order valence-corrected chi connectivity index (χ2v) is 6.38. The van der Waals surface area contributed by atoms with Gasteiger partial charge in [0.05, 0.1) is 16.4 Å². The first-order valence-corrected chi connectivity index (χ1v) is 6.93. The minimum atomic E-state index is -0.409. The zero-order chi connectivity index (χ0) is 12.1. The largest absolute Gasteiger partial charge is 0.350 e. The number of nitrogens with one attached hydrogen (secondary N) is 1. The Morgan fingerprint density at radius 1 is 1.62 bits per heavy atom. The first-order valence-electron chi connectivity index (χ1n) is 5.32. The molecule has 3 nitrogen and oxygen atoms in total. The summed E-state index contributed by atoms with van der Waals surface area (Å²) in [5.41, 5.74) is 5.82. The monoisotopic (exact) mass is 304 g/mol. The van der Waals surface area contributed by atoms with E-state index in [4.69, 9.17) is 5.73 Å². The fourth-order valence-corrected chi connectivity index (χ4v) is 2.67. The third-order valence-corrected chi connectivity index (χ3v) is 4.25. The maximum atomic E-state index is 11.7. The smallest absolute Gasteiger partial charge is 0.237 e. The molecule has 1 heterocycles. The van der Waals surface area contributed by atoms with Crippen LogP contribution in [0.4, 0.5) is 0 Å². The summed E-state index contributed by atoms with van der Waals surface area (Å²) in [4.78, 5) is 12.8. The van der Waals surface area contributed by atoms with Crippen molar-refractivity contribution in [1.82, 2.24) is 5.32 Å². The molecule has 0 saturated heterocycles. The van der Waals surface area contributed by atoms with E-state index in [0.717, 1.165) is 15.1 Å². The van der Waals surface area contributed by atoms with Gasteiger partial charge in [-0.25, -0.2) is 0 Å². The van der Waals surface area contributed by atoms with E-state index in [2.05, 4.69) is 21.2 Å². The first kappa shape index (κ1) is 13.7. The molecule has 0 saturated carbocycles.